The summed E-state index contributed by atoms with van der Waals surface area (Å²) in [5.74, 6) is -0.843. The fraction of sp³-hybridized carbons (Fsp3) is 0.143. The average Bonchev–Trinajstić information content (AvgIpc) is 2.82. The normalized spacial score (nSPS) is 10.9. The Bertz CT molecular complexity index is 823. The number of fused-ring (bicyclic) bond motifs is 1. The number of nitrogens with zero attached hydrogens (tertiary/aromatic N) is 4. The van der Waals surface area contributed by atoms with Crippen LogP contribution in [-0.4, -0.2) is 30.6 Å². The first kappa shape index (κ1) is 12.3. The van der Waals surface area contributed by atoms with E-state index in [0.29, 0.717) is 0 Å². The summed E-state index contributed by atoms with van der Waals surface area (Å²) in [5, 5.41) is 9.20. The molecule has 0 fully saturated rings. The van der Waals surface area contributed by atoms with Crippen LogP contribution in [0.25, 0.3) is 16.9 Å². The first-order valence-electron chi connectivity index (χ1n) is 6.07. The van der Waals surface area contributed by atoms with Crippen LogP contribution < -0.4 is 0 Å². The molecule has 6 heteroatoms. The zero-order chi connectivity index (χ0) is 14.3. The molecule has 1 N–H and O–H groups in total. The number of hydrogen-bond acceptors (Lipinski definition) is 4. The van der Waals surface area contributed by atoms with E-state index in [4.69, 9.17) is 0 Å². The SMILES string of the molecule is Cc1cc2ncn(-c3nccnc3C(=O)O)c2cc1C. The van der Waals surface area contributed by atoms with Crippen LogP contribution in [-0.2, 0) is 0 Å². The van der Waals surface area contributed by atoms with E-state index in [1.807, 2.05) is 26.0 Å². The third kappa shape index (κ3) is 1.82. The highest BCUT2D eigenvalue weighted by Crippen LogP contribution is 2.21. The summed E-state index contributed by atoms with van der Waals surface area (Å²) in [6, 6.07) is 3.94. The van der Waals surface area contributed by atoms with Crippen LogP contribution in [0.1, 0.15) is 21.6 Å². The minimum absolute atomic E-state index is 0.0926. The van der Waals surface area contributed by atoms with Crippen LogP contribution in [0.3, 0.4) is 0 Å². The molecule has 0 radical (unpaired) electrons. The molecule has 0 amide bonds. The Morgan fingerprint density at radius 3 is 2.55 bits per heavy atom. The molecular weight excluding hydrogens is 256 g/mol. The van der Waals surface area contributed by atoms with Gasteiger partial charge in [-0.15, -0.1) is 0 Å². The van der Waals surface area contributed by atoms with E-state index in [2.05, 4.69) is 15.0 Å². The lowest BCUT2D eigenvalue weighted by molar-refractivity contribution is 0.0690. The number of carboxylic acid groups (broad SMARTS) is 1. The van der Waals surface area contributed by atoms with Crippen LogP contribution in [0, 0.1) is 13.8 Å². The minimum Gasteiger partial charge on any atom is -0.476 e. The first-order valence-corrected chi connectivity index (χ1v) is 6.07. The van der Waals surface area contributed by atoms with Gasteiger partial charge in [0, 0.05) is 12.4 Å². The summed E-state index contributed by atoms with van der Waals surface area (Å²) in [7, 11) is 0. The van der Waals surface area contributed by atoms with Crippen molar-refractivity contribution in [2.75, 3.05) is 0 Å². The molecule has 2 heterocycles. The predicted octanol–water partition coefficient (Wildman–Crippen LogP) is 2.13. The van der Waals surface area contributed by atoms with Gasteiger partial charge in [0.2, 0.25) is 0 Å². The first-order chi connectivity index (χ1) is 9.58. The third-order valence-corrected chi connectivity index (χ3v) is 3.27. The van der Waals surface area contributed by atoms with Gasteiger partial charge in [-0.05, 0) is 37.1 Å². The van der Waals surface area contributed by atoms with E-state index in [1.54, 1.807) is 10.9 Å². The number of rotatable bonds is 2. The van der Waals surface area contributed by atoms with E-state index in [0.717, 1.165) is 22.2 Å². The van der Waals surface area contributed by atoms with Gasteiger partial charge >= 0.3 is 5.97 Å². The van der Waals surface area contributed by atoms with Gasteiger partial charge in [0.15, 0.2) is 11.5 Å². The maximum Gasteiger partial charge on any atom is 0.358 e. The monoisotopic (exact) mass is 268 g/mol. The van der Waals surface area contributed by atoms with Crippen molar-refractivity contribution in [2.45, 2.75) is 13.8 Å². The molecule has 0 saturated carbocycles. The summed E-state index contributed by atoms with van der Waals surface area (Å²) >= 11 is 0. The molecule has 6 nitrogen and oxygen atoms in total. The predicted molar refractivity (Wildman–Crippen MR) is 73.1 cm³/mol. The molecule has 3 rings (SSSR count). The van der Waals surface area contributed by atoms with Crippen LogP contribution in [0.4, 0.5) is 0 Å². The van der Waals surface area contributed by atoms with Gasteiger partial charge in [-0.1, -0.05) is 0 Å². The number of hydrogen-bond donors (Lipinski definition) is 1. The molecule has 0 aliphatic carbocycles. The number of carbonyl (C=O) groups is 1. The fourth-order valence-corrected chi connectivity index (χ4v) is 2.09. The van der Waals surface area contributed by atoms with Gasteiger partial charge in [-0.2, -0.15) is 0 Å². The number of imidazole rings is 1. The summed E-state index contributed by atoms with van der Waals surface area (Å²) in [5.41, 5.74) is 3.77. The van der Waals surface area contributed by atoms with Crippen LogP contribution >= 0.6 is 0 Å². The van der Waals surface area contributed by atoms with Crippen LogP contribution in [0.15, 0.2) is 30.9 Å². The van der Waals surface area contributed by atoms with Crippen molar-refractivity contribution in [1.29, 1.82) is 0 Å². The Kier molecular flexibility index (Phi) is 2.71. The molecule has 0 saturated heterocycles. The van der Waals surface area contributed by atoms with Gasteiger partial charge in [-0.25, -0.2) is 19.7 Å². The number of benzene rings is 1. The standard InChI is InChI=1S/C14H12N4O2/c1-8-5-10-11(6-9(8)2)18(7-17-10)13-12(14(19)20)15-3-4-16-13/h3-7H,1-2H3,(H,19,20). The smallest absolute Gasteiger partial charge is 0.358 e. The number of aromatic carboxylic acids is 1. The summed E-state index contributed by atoms with van der Waals surface area (Å²) < 4.78 is 1.65. The van der Waals surface area contributed by atoms with Crippen molar-refractivity contribution in [3.63, 3.8) is 0 Å². The molecule has 0 atom stereocenters. The molecular formula is C14H12N4O2. The van der Waals surface area contributed by atoms with Gasteiger partial charge in [-0.3, -0.25) is 4.57 Å². The molecule has 2 aromatic heterocycles. The van der Waals surface area contributed by atoms with E-state index < -0.39 is 5.97 Å². The van der Waals surface area contributed by atoms with Gasteiger partial charge in [0.05, 0.1) is 11.0 Å². The summed E-state index contributed by atoms with van der Waals surface area (Å²) in [4.78, 5) is 23.5. The Balaban J connectivity index is 2.31. The van der Waals surface area contributed by atoms with E-state index in [1.165, 1.54) is 12.4 Å². The van der Waals surface area contributed by atoms with Crippen molar-refractivity contribution < 1.29 is 9.90 Å². The highest BCUT2D eigenvalue weighted by molar-refractivity contribution is 5.90. The van der Waals surface area contributed by atoms with E-state index in [-0.39, 0.29) is 11.5 Å². The number of aromatic nitrogens is 4. The largest absolute Gasteiger partial charge is 0.476 e. The summed E-state index contributed by atoms with van der Waals surface area (Å²) in [6.45, 7) is 4.01. The maximum absolute atomic E-state index is 11.2. The molecule has 1 aromatic carbocycles. The molecule has 0 bridgehead atoms. The van der Waals surface area contributed by atoms with Crippen molar-refractivity contribution in [2.24, 2.45) is 0 Å². The Morgan fingerprint density at radius 1 is 1.10 bits per heavy atom. The lowest BCUT2D eigenvalue weighted by Crippen LogP contribution is -2.09. The molecule has 100 valence electrons. The molecule has 0 aliphatic rings. The molecule has 20 heavy (non-hydrogen) atoms. The fourth-order valence-electron chi connectivity index (χ4n) is 2.09. The third-order valence-electron chi connectivity index (χ3n) is 3.27. The summed E-state index contributed by atoms with van der Waals surface area (Å²) in [6.07, 6.45) is 4.40. The lowest BCUT2D eigenvalue weighted by Gasteiger charge is -2.07. The average molecular weight is 268 g/mol. The Morgan fingerprint density at radius 2 is 1.80 bits per heavy atom. The van der Waals surface area contributed by atoms with Gasteiger partial charge < -0.3 is 5.11 Å². The zero-order valence-corrected chi connectivity index (χ0v) is 11.0. The van der Waals surface area contributed by atoms with Crippen LogP contribution in [0.2, 0.25) is 0 Å². The molecule has 3 aromatic rings. The van der Waals surface area contributed by atoms with Gasteiger partial charge in [0.1, 0.15) is 6.33 Å². The van der Waals surface area contributed by atoms with Crippen LogP contribution in [0.5, 0.6) is 0 Å². The lowest BCUT2D eigenvalue weighted by atomic mass is 10.1. The Labute approximate surface area is 114 Å². The highest BCUT2D eigenvalue weighted by atomic mass is 16.4. The topological polar surface area (TPSA) is 80.9 Å². The molecule has 0 aliphatic heterocycles. The van der Waals surface area contributed by atoms with E-state index >= 15 is 0 Å². The second-order valence-corrected chi connectivity index (χ2v) is 4.57. The Hall–Kier alpha value is -2.76. The van der Waals surface area contributed by atoms with Crippen molar-refractivity contribution >= 4 is 17.0 Å². The van der Waals surface area contributed by atoms with E-state index in [9.17, 15) is 9.90 Å². The number of carboxylic acids is 1. The van der Waals surface area contributed by atoms with Crippen molar-refractivity contribution in [3.8, 4) is 5.82 Å². The van der Waals surface area contributed by atoms with Crippen molar-refractivity contribution in [3.05, 3.63) is 47.7 Å². The van der Waals surface area contributed by atoms with Crippen molar-refractivity contribution in [1.82, 2.24) is 19.5 Å². The van der Waals surface area contributed by atoms with Gasteiger partial charge in [0.25, 0.3) is 0 Å². The minimum atomic E-state index is -1.11. The quantitative estimate of drug-likeness (QED) is 0.770. The second-order valence-electron chi connectivity index (χ2n) is 4.57. The maximum atomic E-state index is 11.2. The second kappa shape index (κ2) is 4.41. The zero-order valence-electron chi connectivity index (χ0n) is 11.0. The molecule has 0 unspecified atom stereocenters. The number of aryl methyl sites for hydroxylation is 2. The highest BCUT2D eigenvalue weighted by Gasteiger charge is 2.16. The molecule has 0 spiro atoms.